The van der Waals surface area contributed by atoms with Crippen LogP contribution in [0.1, 0.15) is 34.1 Å². The fourth-order valence-electron chi connectivity index (χ4n) is 2.03. The number of nitrogens with zero attached hydrogens (tertiary/aromatic N) is 1. The molecule has 0 spiro atoms. The topological polar surface area (TPSA) is 99.7 Å². The van der Waals surface area contributed by atoms with Crippen molar-refractivity contribution < 1.29 is 13.2 Å². The second-order valence-electron chi connectivity index (χ2n) is 6.24. The molecule has 0 saturated carbocycles. The number of aliphatic imine (C=N–C) groups is 1. The fourth-order valence-corrected chi connectivity index (χ4v) is 3.70. The molecule has 1 heterocycles. The molecule has 9 heteroatoms. The molecule has 1 rings (SSSR count). The second-order valence-corrected chi connectivity index (χ2v) is 8.47. The van der Waals surface area contributed by atoms with E-state index in [0.29, 0.717) is 18.9 Å². The summed E-state index contributed by atoms with van der Waals surface area (Å²) in [5, 5.41) is 8.92. The van der Waals surface area contributed by atoms with Gasteiger partial charge in [-0.2, -0.15) is 0 Å². The van der Waals surface area contributed by atoms with Crippen molar-refractivity contribution in [2.75, 3.05) is 24.6 Å². The maximum atomic E-state index is 11.7. The predicted octanol–water partition coefficient (Wildman–Crippen LogP) is 0.261. The lowest BCUT2D eigenvalue weighted by molar-refractivity contribution is -0.121. The maximum absolute atomic E-state index is 11.7. The van der Waals surface area contributed by atoms with Gasteiger partial charge in [-0.1, -0.05) is 0 Å². The Bertz CT molecular complexity index is 500. The minimum Gasteiger partial charge on any atom is -0.357 e. The highest BCUT2D eigenvalue weighted by Crippen LogP contribution is 2.10. The molecule has 0 bridgehead atoms. The Morgan fingerprint density at radius 2 is 1.95 bits per heavy atom. The van der Waals surface area contributed by atoms with Crippen LogP contribution in [-0.2, 0) is 14.6 Å². The summed E-state index contributed by atoms with van der Waals surface area (Å²) in [6.07, 6.45) is 0.570. The molecular weight excluding hydrogens is 419 g/mol. The second kappa shape index (κ2) is 8.90. The first-order valence-corrected chi connectivity index (χ1v) is 9.00. The Hall–Kier alpha value is -0.580. The quantitative estimate of drug-likeness (QED) is 0.327. The lowest BCUT2D eigenvalue weighted by atomic mass is 10.1. The molecule has 0 aromatic heterocycles. The molecule has 130 valence electrons. The Balaban J connectivity index is 0.00000441. The van der Waals surface area contributed by atoms with Crippen LogP contribution in [0.5, 0.6) is 0 Å². The first-order valence-electron chi connectivity index (χ1n) is 7.17. The van der Waals surface area contributed by atoms with Crippen LogP contribution < -0.4 is 16.0 Å². The van der Waals surface area contributed by atoms with Crippen LogP contribution in [0, 0.1) is 0 Å². The van der Waals surface area contributed by atoms with E-state index in [9.17, 15) is 13.2 Å². The van der Waals surface area contributed by atoms with Crippen molar-refractivity contribution in [3.05, 3.63) is 0 Å². The molecule has 1 aliphatic heterocycles. The number of carbonyl (C=O) groups excluding carboxylic acids is 1. The van der Waals surface area contributed by atoms with Crippen LogP contribution in [-0.4, -0.2) is 56.5 Å². The Kier molecular flexibility index (Phi) is 8.66. The van der Waals surface area contributed by atoms with E-state index in [1.807, 2.05) is 27.7 Å². The van der Waals surface area contributed by atoms with Crippen molar-refractivity contribution in [3.63, 3.8) is 0 Å². The Labute approximate surface area is 150 Å². The summed E-state index contributed by atoms with van der Waals surface area (Å²) in [6.45, 7) is 8.28. The molecule has 1 saturated heterocycles. The van der Waals surface area contributed by atoms with Crippen molar-refractivity contribution >= 4 is 45.7 Å². The summed E-state index contributed by atoms with van der Waals surface area (Å²) < 4.78 is 22.9. The molecule has 1 fully saturated rings. The van der Waals surface area contributed by atoms with E-state index in [2.05, 4.69) is 20.9 Å². The zero-order valence-electron chi connectivity index (χ0n) is 13.6. The van der Waals surface area contributed by atoms with Gasteiger partial charge in [0.2, 0.25) is 5.91 Å². The monoisotopic (exact) mass is 446 g/mol. The van der Waals surface area contributed by atoms with Gasteiger partial charge in [0.25, 0.3) is 0 Å². The lowest BCUT2D eigenvalue weighted by Crippen LogP contribution is -2.45. The minimum atomic E-state index is -2.94. The van der Waals surface area contributed by atoms with Gasteiger partial charge in [0.1, 0.15) is 6.54 Å². The molecule has 0 aromatic rings. The van der Waals surface area contributed by atoms with Gasteiger partial charge >= 0.3 is 0 Å². The van der Waals surface area contributed by atoms with Crippen LogP contribution >= 0.6 is 24.0 Å². The van der Waals surface area contributed by atoms with Gasteiger partial charge in [0.15, 0.2) is 15.8 Å². The van der Waals surface area contributed by atoms with E-state index >= 15 is 0 Å². The van der Waals surface area contributed by atoms with Crippen molar-refractivity contribution in [2.24, 2.45) is 4.99 Å². The third-order valence-corrected chi connectivity index (χ3v) is 4.58. The van der Waals surface area contributed by atoms with Crippen LogP contribution in [0.4, 0.5) is 0 Å². The molecule has 1 atom stereocenters. The summed E-state index contributed by atoms with van der Waals surface area (Å²) in [7, 11) is -2.94. The van der Waals surface area contributed by atoms with Crippen LogP contribution in [0.3, 0.4) is 0 Å². The summed E-state index contributed by atoms with van der Waals surface area (Å²) in [5.74, 6) is 0.627. The van der Waals surface area contributed by atoms with E-state index in [-0.39, 0.29) is 59.5 Å². The molecule has 1 amide bonds. The molecule has 3 N–H and O–H groups in total. The van der Waals surface area contributed by atoms with E-state index in [0.717, 1.165) is 0 Å². The van der Waals surface area contributed by atoms with Crippen LogP contribution in [0.25, 0.3) is 0 Å². The zero-order chi connectivity index (χ0) is 16.1. The van der Waals surface area contributed by atoms with Gasteiger partial charge < -0.3 is 16.0 Å². The summed E-state index contributed by atoms with van der Waals surface area (Å²) in [6, 6.07) is -0.140. The highest BCUT2D eigenvalue weighted by molar-refractivity contribution is 14.0. The third-order valence-electron chi connectivity index (χ3n) is 2.81. The molecule has 1 unspecified atom stereocenters. The Morgan fingerprint density at radius 1 is 1.32 bits per heavy atom. The highest BCUT2D eigenvalue weighted by atomic mass is 127. The van der Waals surface area contributed by atoms with Gasteiger partial charge in [0.05, 0.1) is 11.5 Å². The van der Waals surface area contributed by atoms with E-state index in [1.54, 1.807) is 0 Å². The van der Waals surface area contributed by atoms with E-state index in [1.165, 1.54) is 0 Å². The largest absolute Gasteiger partial charge is 0.357 e. The molecule has 1 aliphatic rings. The first-order chi connectivity index (χ1) is 9.61. The zero-order valence-corrected chi connectivity index (χ0v) is 16.7. The number of hydrogen-bond acceptors (Lipinski definition) is 4. The number of amides is 1. The number of halogens is 1. The van der Waals surface area contributed by atoms with Gasteiger partial charge in [-0.15, -0.1) is 24.0 Å². The number of sulfone groups is 1. The van der Waals surface area contributed by atoms with Gasteiger partial charge in [-0.3, -0.25) is 4.79 Å². The number of carbonyl (C=O) groups is 1. The van der Waals surface area contributed by atoms with Crippen LogP contribution in [0.2, 0.25) is 0 Å². The predicted molar refractivity (Wildman–Crippen MR) is 99.5 cm³/mol. The van der Waals surface area contributed by atoms with Crippen LogP contribution in [0.15, 0.2) is 4.99 Å². The summed E-state index contributed by atoms with van der Waals surface area (Å²) in [5.41, 5.74) is -0.294. The number of hydrogen-bond donors (Lipinski definition) is 3. The molecule has 7 nitrogen and oxygen atoms in total. The highest BCUT2D eigenvalue weighted by Gasteiger charge is 2.28. The molecule has 0 aliphatic carbocycles. The average Bonchev–Trinajstić information content (AvgIpc) is 2.64. The van der Waals surface area contributed by atoms with Crippen molar-refractivity contribution in [2.45, 2.75) is 45.7 Å². The molecule has 0 radical (unpaired) electrons. The molecule has 0 aromatic carbocycles. The summed E-state index contributed by atoms with van der Waals surface area (Å²) in [4.78, 5) is 15.9. The third kappa shape index (κ3) is 8.76. The van der Waals surface area contributed by atoms with E-state index < -0.39 is 9.84 Å². The standard InChI is InChI=1S/C13H26N4O3S.HI/c1-5-14-12(15-8-11(18)17-13(2,3)4)16-10-6-7-21(19,20)9-10;/h10H,5-9H2,1-4H3,(H,17,18)(H2,14,15,16);1H. The smallest absolute Gasteiger partial charge is 0.242 e. The SMILES string of the molecule is CCNC(=NCC(=O)NC(C)(C)C)NC1CCS(=O)(=O)C1.I. The normalized spacial score (nSPS) is 20.9. The number of guanidine groups is 1. The van der Waals surface area contributed by atoms with Crippen molar-refractivity contribution in [1.29, 1.82) is 0 Å². The van der Waals surface area contributed by atoms with Gasteiger partial charge in [-0.05, 0) is 34.1 Å². The van der Waals surface area contributed by atoms with E-state index in [4.69, 9.17) is 0 Å². The van der Waals surface area contributed by atoms with Gasteiger partial charge in [0, 0.05) is 18.1 Å². The number of nitrogens with one attached hydrogen (secondary N) is 3. The molecule has 22 heavy (non-hydrogen) atoms. The number of rotatable bonds is 4. The van der Waals surface area contributed by atoms with Gasteiger partial charge in [-0.25, -0.2) is 13.4 Å². The first kappa shape index (κ1) is 21.4. The van der Waals surface area contributed by atoms with Crippen molar-refractivity contribution in [1.82, 2.24) is 16.0 Å². The fraction of sp³-hybridized carbons (Fsp3) is 0.846. The minimum absolute atomic E-state index is 0. The maximum Gasteiger partial charge on any atom is 0.242 e. The Morgan fingerprint density at radius 3 is 2.41 bits per heavy atom. The average molecular weight is 446 g/mol. The summed E-state index contributed by atoms with van der Waals surface area (Å²) >= 11 is 0. The van der Waals surface area contributed by atoms with Crippen molar-refractivity contribution in [3.8, 4) is 0 Å². The molecular formula is C13H27IN4O3S. The lowest BCUT2D eigenvalue weighted by Gasteiger charge is -2.20.